The number of carbonyl (C=O) groups is 1. The van der Waals surface area contributed by atoms with Crippen molar-refractivity contribution in [3.05, 3.63) is 53.6 Å². The minimum Gasteiger partial charge on any atom is -0.368 e. The number of para-hydroxylation sites is 1. The van der Waals surface area contributed by atoms with E-state index in [-0.39, 0.29) is 10.8 Å². The Labute approximate surface area is 163 Å². The molecule has 0 radical (unpaired) electrons. The third kappa shape index (κ3) is 3.60. The average Bonchev–Trinajstić information content (AvgIpc) is 2.67. The van der Waals surface area contributed by atoms with Crippen LogP contribution >= 0.6 is 11.6 Å². The van der Waals surface area contributed by atoms with Gasteiger partial charge in [0.1, 0.15) is 4.90 Å². The van der Waals surface area contributed by atoms with Crippen LogP contribution in [0.1, 0.15) is 0 Å². The van der Waals surface area contributed by atoms with E-state index in [1.807, 2.05) is 24.3 Å². The molecule has 2 aromatic carbocycles. The lowest BCUT2D eigenvalue weighted by Gasteiger charge is -2.38. The summed E-state index contributed by atoms with van der Waals surface area (Å²) >= 11 is 6.05. The van der Waals surface area contributed by atoms with Crippen LogP contribution < -0.4 is 14.9 Å². The molecule has 0 spiro atoms. The van der Waals surface area contributed by atoms with Gasteiger partial charge in [-0.3, -0.25) is 4.79 Å². The summed E-state index contributed by atoms with van der Waals surface area (Å²) in [5, 5.41) is 3.66. The molecule has 1 saturated heterocycles. The fourth-order valence-corrected chi connectivity index (χ4v) is 4.83. The van der Waals surface area contributed by atoms with Gasteiger partial charge in [-0.15, -0.1) is 0 Å². The second kappa shape index (κ2) is 7.03. The van der Waals surface area contributed by atoms with Crippen molar-refractivity contribution in [3.8, 4) is 0 Å². The van der Waals surface area contributed by atoms with Crippen molar-refractivity contribution in [1.29, 1.82) is 0 Å². The lowest BCUT2D eigenvalue weighted by molar-refractivity contribution is -0.132. The standard InChI is InChI=1S/C18H19ClN4O3S/c19-13-4-3-5-14(12-13)22-8-10-23(11-9-22)18(24)17-20-15-6-1-2-7-16(15)27(25,26)21-17/h1-7,12,17,20-21H,8-11H2/t17-/m0/s1. The first kappa shape index (κ1) is 18.1. The van der Waals surface area contributed by atoms with Crippen LogP contribution in [0.15, 0.2) is 53.4 Å². The van der Waals surface area contributed by atoms with Gasteiger partial charge in [0, 0.05) is 36.9 Å². The van der Waals surface area contributed by atoms with Crippen LogP contribution in [0, 0.1) is 0 Å². The van der Waals surface area contributed by atoms with Crippen LogP contribution in [0.5, 0.6) is 0 Å². The molecule has 2 aromatic rings. The van der Waals surface area contributed by atoms with Crippen LogP contribution in [0.4, 0.5) is 11.4 Å². The zero-order valence-electron chi connectivity index (χ0n) is 14.4. The van der Waals surface area contributed by atoms with Gasteiger partial charge in [0.25, 0.3) is 5.91 Å². The number of hydrogen-bond donors (Lipinski definition) is 2. The van der Waals surface area contributed by atoms with E-state index < -0.39 is 16.2 Å². The maximum Gasteiger partial charge on any atom is 0.261 e. The molecular formula is C18H19ClN4O3S. The number of carbonyl (C=O) groups excluding carboxylic acids is 1. The molecule has 0 bridgehead atoms. The molecule has 2 aliphatic rings. The van der Waals surface area contributed by atoms with Gasteiger partial charge >= 0.3 is 0 Å². The zero-order valence-corrected chi connectivity index (χ0v) is 16.0. The molecule has 2 aliphatic heterocycles. The fourth-order valence-electron chi connectivity index (χ4n) is 3.38. The smallest absolute Gasteiger partial charge is 0.261 e. The van der Waals surface area contributed by atoms with E-state index >= 15 is 0 Å². The number of halogens is 1. The van der Waals surface area contributed by atoms with Crippen LogP contribution in [0.3, 0.4) is 0 Å². The summed E-state index contributed by atoms with van der Waals surface area (Å²) < 4.78 is 27.2. The van der Waals surface area contributed by atoms with Crippen LogP contribution in [0.25, 0.3) is 0 Å². The Morgan fingerprint density at radius 2 is 1.78 bits per heavy atom. The predicted molar refractivity (Wildman–Crippen MR) is 104 cm³/mol. The molecule has 27 heavy (non-hydrogen) atoms. The van der Waals surface area contributed by atoms with Gasteiger partial charge in [0.15, 0.2) is 6.17 Å². The molecule has 9 heteroatoms. The van der Waals surface area contributed by atoms with E-state index in [9.17, 15) is 13.2 Å². The number of anilines is 2. The minimum atomic E-state index is -3.72. The third-order valence-corrected chi connectivity index (χ3v) is 6.48. The number of sulfonamides is 1. The highest BCUT2D eigenvalue weighted by molar-refractivity contribution is 7.89. The third-order valence-electron chi connectivity index (χ3n) is 4.76. The summed E-state index contributed by atoms with van der Waals surface area (Å²) in [6.07, 6.45) is -0.998. The number of hydrogen-bond acceptors (Lipinski definition) is 5. The quantitative estimate of drug-likeness (QED) is 0.793. The van der Waals surface area contributed by atoms with Gasteiger partial charge in [-0.1, -0.05) is 29.8 Å². The Kier molecular flexibility index (Phi) is 4.71. The van der Waals surface area contributed by atoms with Gasteiger partial charge in [0.2, 0.25) is 10.0 Å². The van der Waals surface area contributed by atoms with Crippen molar-refractivity contribution in [2.24, 2.45) is 0 Å². The topological polar surface area (TPSA) is 81.7 Å². The Morgan fingerprint density at radius 1 is 1.04 bits per heavy atom. The largest absolute Gasteiger partial charge is 0.368 e. The van der Waals surface area contributed by atoms with Crippen molar-refractivity contribution in [2.75, 3.05) is 36.4 Å². The second-order valence-electron chi connectivity index (χ2n) is 6.49. The first-order valence-corrected chi connectivity index (χ1v) is 10.5. The fraction of sp³-hybridized carbons (Fsp3) is 0.278. The number of nitrogens with zero attached hydrogens (tertiary/aromatic N) is 2. The Hall–Kier alpha value is -2.29. The molecule has 0 unspecified atom stereocenters. The predicted octanol–water partition coefficient (Wildman–Crippen LogP) is 1.72. The van der Waals surface area contributed by atoms with Crippen molar-refractivity contribution >= 4 is 38.9 Å². The number of fused-ring (bicyclic) bond motifs is 1. The van der Waals surface area contributed by atoms with Gasteiger partial charge in [-0.25, -0.2) is 8.42 Å². The molecule has 0 aromatic heterocycles. The molecule has 1 atom stereocenters. The first-order chi connectivity index (χ1) is 12.9. The summed E-state index contributed by atoms with van der Waals surface area (Å²) in [4.78, 5) is 16.8. The Balaban J connectivity index is 1.44. The SMILES string of the molecule is O=C([C@H]1Nc2ccccc2S(=O)(=O)N1)N1CCN(c2cccc(Cl)c2)CC1. The van der Waals surface area contributed by atoms with Crippen LogP contribution in [-0.2, 0) is 14.8 Å². The molecule has 0 aliphatic carbocycles. The summed E-state index contributed by atoms with van der Waals surface area (Å²) in [7, 11) is -3.72. The van der Waals surface area contributed by atoms with Crippen molar-refractivity contribution in [3.63, 3.8) is 0 Å². The van der Waals surface area contributed by atoms with Crippen molar-refractivity contribution in [1.82, 2.24) is 9.62 Å². The number of nitrogens with one attached hydrogen (secondary N) is 2. The number of rotatable bonds is 2. The monoisotopic (exact) mass is 406 g/mol. The van der Waals surface area contributed by atoms with E-state index in [2.05, 4.69) is 14.9 Å². The number of piperazine rings is 1. The van der Waals surface area contributed by atoms with Crippen molar-refractivity contribution in [2.45, 2.75) is 11.1 Å². The maximum absolute atomic E-state index is 12.8. The first-order valence-electron chi connectivity index (χ1n) is 8.61. The average molecular weight is 407 g/mol. The number of benzene rings is 2. The maximum atomic E-state index is 12.8. The van der Waals surface area contributed by atoms with Crippen LogP contribution in [-0.4, -0.2) is 51.6 Å². The summed E-state index contributed by atoms with van der Waals surface area (Å²) in [6.45, 7) is 2.32. The molecule has 2 heterocycles. The normalized spacial score (nSPS) is 21.3. The van der Waals surface area contributed by atoms with E-state index in [4.69, 9.17) is 11.6 Å². The highest BCUT2D eigenvalue weighted by Crippen LogP contribution is 2.26. The highest BCUT2D eigenvalue weighted by atomic mass is 35.5. The summed E-state index contributed by atoms with van der Waals surface area (Å²) in [6, 6.07) is 14.1. The minimum absolute atomic E-state index is 0.153. The molecule has 7 nitrogen and oxygen atoms in total. The van der Waals surface area contributed by atoms with E-state index in [0.717, 1.165) is 5.69 Å². The molecular weight excluding hydrogens is 388 g/mol. The molecule has 4 rings (SSSR count). The molecule has 0 saturated carbocycles. The Bertz CT molecular complexity index is 974. The Morgan fingerprint density at radius 3 is 2.52 bits per heavy atom. The van der Waals surface area contributed by atoms with Gasteiger partial charge in [-0.2, -0.15) is 4.72 Å². The van der Waals surface area contributed by atoms with Gasteiger partial charge < -0.3 is 15.1 Å². The van der Waals surface area contributed by atoms with Crippen molar-refractivity contribution < 1.29 is 13.2 Å². The lowest BCUT2D eigenvalue weighted by atomic mass is 10.2. The molecule has 1 amide bonds. The molecule has 142 valence electrons. The number of amides is 1. The molecule has 1 fully saturated rings. The van der Waals surface area contributed by atoms with E-state index in [1.165, 1.54) is 6.07 Å². The lowest BCUT2D eigenvalue weighted by Crippen LogP contribution is -2.58. The van der Waals surface area contributed by atoms with Gasteiger partial charge in [0.05, 0.1) is 5.69 Å². The van der Waals surface area contributed by atoms with E-state index in [1.54, 1.807) is 23.1 Å². The van der Waals surface area contributed by atoms with Gasteiger partial charge in [-0.05, 0) is 30.3 Å². The summed E-state index contributed by atoms with van der Waals surface area (Å²) in [5.41, 5.74) is 1.45. The summed E-state index contributed by atoms with van der Waals surface area (Å²) in [5.74, 6) is -0.279. The second-order valence-corrected chi connectivity index (χ2v) is 8.61. The highest BCUT2D eigenvalue weighted by Gasteiger charge is 2.36. The zero-order chi connectivity index (χ0) is 19.0. The molecule has 2 N–H and O–H groups in total. The van der Waals surface area contributed by atoms with E-state index in [0.29, 0.717) is 36.9 Å². The van der Waals surface area contributed by atoms with Crippen LogP contribution in [0.2, 0.25) is 5.02 Å².